The van der Waals surface area contributed by atoms with Crippen molar-refractivity contribution in [2.24, 2.45) is 11.8 Å². The van der Waals surface area contributed by atoms with E-state index in [1.165, 1.54) is 4.90 Å². The fourth-order valence-electron chi connectivity index (χ4n) is 6.24. The van der Waals surface area contributed by atoms with Gasteiger partial charge in [-0.1, -0.05) is 52.3 Å². The third-order valence-corrected chi connectivity index (χ3v) is 8.52. The molecular formula is C27H35BrN2O6. The molecule has 9 heteroatoms. The van der Waals surface area contributed by atoms with Crippen LogP contribution in [0.4, 0.5) is 0 Å². The number of benzene rings is 1. The Balaban J connectivity index is 1.82. The topological polar surface area (TPSA) is 96.4 Å². The van der Waals surface area contributed by atoms with Crippen molar-refractivity contribution in [1.29, 1.82) is 0 Å². The van der Waals surface area contributed by atoms with Gasteiger partial charge in [0.1, 0.15) is 11.6 Å². The van der Waals surface area contributed by atoms with Gasteiger partial charge in [0.25, 0.3) is 0 Å². The summed E-state index contributed by atoms with van der Waals surface area (Å²) in [6, 6.07) is 7.75. The minimum Gasteiger partial charge on any atom is -0.466 e. The van der Waals surface area contributed by atoms with E-state index in [9.17, 15) is 19.5 Å². The molecule has 3 unspecified atom stereocenters. The highest BCUT2D eigenvalue weighted by Crippen LogP contribution is 2.60. The van der Waals surface area contributed by atoms with Gasteiger partial charge in [-0.25, -0.2) is 0 Å². The van der Waals surface area contributed by atoms with E-state index in [1.807, 2.05) is 44.2 Å². The van der Waals surface area contributed by atoms with Crippen LogP contribution in [-0.4, -0.2) is 87.1 Å². The number of halogens is 1. The largest absolute Gasteiger partial charge is 0.466 e. The van der Waals surface area contributed by atoms with Gasteiger partial charge in [0.2, 0.25) is 11.8 Å². The van der Waals surface area contributed by atoms with Gasteiger partial charge in [-0.05, 0) is 39.2 Å². The van der Waals surface area contributed by atoms with Gasteiger partial charge in [0.05, 0.1) is 37.2 Å². The van der Waals surface area contributed by atoms with E-state index in [1.54, 1.807) is 17.9 Å². The lowest BCUT2D eigenvalue weighted by atomic mass is 9.70. The molecule has 3 fully saturated rings. The van der Waals surface area contributed by atoms with Crippen LogP contribution in [0.15, 0.2) is 43.0 Å². The summed E-state index contributed by atoms with van der Waals surface area (Å²) in [7, 11) is 0. The average molecular weight is 563 g/mol. The van der Waals surface area contributed by atoms with Gasteiger partial charge >= 0.3 is 5.97 Å². The van der Waals surface area contributed by atoms with Crippen LogP contribution in [-0.2, 0) is 30.3 Å². The molecular weight excluding hydrogens is 528 g/mol. The van der Waals surface area contributed by atoms with Crippen LogP contribution in [0.3, 0.4) is 0 Å². The van der Waals surface area contributed by atoms with Crippen molar-refractivity contribution >= 4 is 33.7 Å². The number of carbonyl (C=O) groups is 3. The quantitative estimate of drug-likeness (QED) is 0.267. The van der Waals surface area contributed by atoms with Gasteiger partial charge in [0, 0.05) is 17.4 Å². The second kappa shape index (κ2) is 10.6. The Morgan fingerprint density at radius 2 is 2.06 bits per heavy atom. The zero-order valence-electron chi connectivity index (χ0n) is 21.0. The third-order valence-electron chi connectivity index (χ3n) is 7.67. The molecule has 2 amide bonds. The van der Waals surface area contributed by atoms with Crippen LogP contribution in [0, 0.1) is 11.8 Å². The Labute approximate surface area is 220 Å². The van der Waals surface area contributed by atoms with E-state index in [-0.39, 0.29) is 35.9 Å². The maximum atomic E-state index is 14.2. The fourth-order valence-corrected chi connectivity index (χ4v) is 7.18. The molecule has 3 heterocycles. The molecule has 1 aromatic rings. The minimum atomic E-state index is -1.19. The number of likely N-dealkylation sites (tertiary alicyclic amines) is 1. The average Bonchev–Trinajstić information content (AvgIpc) is 3.44. The van der Waals surface area contributed by atoms with Gasteiger partial charge in [0.15, 0.2) is 0 Å². The number of alkyl halides is 1. The number of aliphatic hydroxyl groups excluding tert-OH is 1. The summed E-state index contributed by atoms with van der Waals surface area (Å²) in [5.41, 5.74) is -0.259. The highest BCUT2D eigenvalue weighted by molar-refractivity contribution is 9.09. The van der Waals surface area contributed by atoms with Crippen LogP contribution in [0.25, 0.3) is 0 Å². The smallest absolute Gasteiger partial charge is 0.312 e. The van der Waals surface area contributed by atoms with E-state index in [2.05, 4.69) is 22.5 Å². The molecule has 3 aliphatic heterocycles. The van der Waals surface area contributed by atoms with E-state index >= 15 is 0 Å². The maximum Gasteiger partial charge on any atom is 0.312 e. The minimum absolute atomic E-state index is 0.149. The van der Waals surface area contributed by atoms with Crippen LogP contribution in [0.2, 0.25) is 0 Å². The number of carbonyl (C=O) groups excluding carboxylic acids is 3. The fraction of sp³-hybridized carbons (Fsp3) is 0.593. The van der Waals surface area contributed by atoms with Crippen molar-refractivity contribution < 1.29 is 29.0 Å². The lowest BCUT2D eigenvalue weighted by Crippen LogP contribution is -2.60. The molecule has 0 radical (unpaired) electrons. The van der Waals surface area contributed by atoms with Crippen molar-refractivity contribution in [3.63, 3.8) is 0 Å². The molecule has 1 spiro atoms. The number of aliphatic hydroxyl groups is 1. The number of esters is 1. The first-order chi connectivity index (χ1) is 17.2. The van der Waals surface area contributed by atoms with Gasteiger partial charge in [-0.15, -0.1) is 6.58 Å². The number of fused-ring (bicyclic) bond motifs is 1. The highest BCUT2D eigenvalue weighted by atomic mass is 79.9. The Morgan fingerprint density at radius 3 is 2.64 bits per heavy atom. The standard InChI is InChI=1S/C27H35BrN2O6/c1-5-12-29(16(3)4)25(33)23-27-14-19(28)22(36-27)20(26(34)35-6-2)21(27)24(32)30(23)18(15-31)13-17-10-8-7-9-11-17/h5,7-11,16,18-23,31H,1,6,12-15H2,2-4H3/t18-,19?,20+,21+,22+,23?,27?/m1/s1. The number of amides is 2. The molecule has 1 N–H and O–H groups in total. The number of hydrogen-bond acceptors (Lipinski definition) is 6. The maximum absolute atomic E-state index is 14.2. The first-order valence-electron chi connectivity index (χ1n) is 12.6. The predicted molar refractivity (Wildman–Crippen MR) is 137 cm³/mol. The van der Waals surface area contributed by atoms with Crippen molar-refractivity contribution in [1.82, 2.24) is 9.80 Å². The summed E-state index contributed by atoms with van der Waals surface area (Å²) in [4.78, 5) is 44.4. The lowest BCUT2D eigenvalue weighted by molar-refractivity contribution is -0.156. The monoisotopic (exact) mass is 562 g/mol. The highest BCUT2D eigenvalue weighted by Gasteiger charge is 2.77. The molecule has 196 valence electrons. The van der Waals surface area contributed by atoms with Crippen LogP contribution >= 0.6 is 15.9 Å². The summed E-state index contributed by atoms with van der Waals surface area (Å²) in [5.74, 6) is -2.77. The molecule has 3 saturated heterocycles. The Morgan fingerprint density at radius 1 is 1.36 bits per heavy atom. The first kappa shape index (κ1) is 26.8. The zero-order chi connectivity index (χ0) is 26.2. The molecule has 0 aromatic heterocycles. The van der Waals surface area contributed by atoms with Crippen molar-refractivity contribution in [3.8, 4) is 0 Å². The summed E-state index contributed by atoms with van der Waals surface area (Å²) in [5, 5.41) is 10.5. The van der Waals surface area contributed by atoms with E-state index in [0.29, 0.717) is 19.4 Å². The molecule has 0 aliphatic carbocycles. The molecule has 0 saturated carbocycles. The van der Waals surface area contributed by atoms with Crippen LogP contribution in [0.5, 0.6) is 0 Å². The molecule has 4 rings (SSSR count). The second-order valence-corrected chi connectivity index (χ2v) is 11.2. The first-order valence-corrected chi connectivity index (χ1v) is 13.5. The zero-order valence-corrected chi connectivity index (χ0v) is 22.6. The normalized spacial score (nSPS) is 31.4. The molecule has 7 atom stereocenters. The van der Waals surface area contributed by atoms with Crippen LogP contribution < -0.4 is 0 Å². The summed E-state index contributed by atoms with van der Waals surface area (Å²) < 4.78 is 11.8. The van der Waals surface area contributed by atoms with E-state index < -0.39 is 41.6 Å². The number of hydrogen-bond donors (Lipinski definition) is 1. The van der Waals surface area contributed by atoms with Gasteiger partial charge < -0.3 is 24.4 Å². The Hall–Kier alpha value is -2.23. The summed E-state index contributed by atoms with van der Waals surface area (Å²) in [6.07, 6.45) is 1.86. The molecule has 1 aromatic carbocycles. The third kappa shape index (κ3) is 4.29. The van der Waals surface area contributed by atoms with Crippen LogP contribution in [0.1, 0.15) is 32.8 Å². The van der Waals surface area contributed by atoms with Gasteiger partial charge in [-0.2, -0.15) is 0 Å². The SMILES string of the molecule is C=CCN(C(=O)C1N([C@@H](CO)Cc2ccccc2)C(=O)[C@@H]2[C@H](C(=O)OCC)[C@H]3OC12CC3Br)C(C)C. The van der Waals surface area contributed by atoms with E-state index in [4.69, 9.17) is 9.47 Å². The van der Waals surface area contributed by atoms with E-state index in [0.717, 1.165) is 5.56 Å². The Bertz CT molecular complexity index is 1000. The number of rotatable bonds is 10. The second-order valence-electron chi connectivity index (χ2n) is 10.1. The molecule has 36 heavy (non-hydrogen) atoms. The van der Waals surface area contributed by atoms with Crippen molar-refractivity contribution in [3.05, 3.63) is 48.6 Å². The number of nitrogens with zero attached hydrogens (tertiary/aromatic N) is 2. The van der Waals surface area contributed by atoms with Crippen molar-refractivity contribution in [2.45, 2.75) is 68.3 Å². The number of ether oxygens (including phenoxy) is 2. The summed E-state index contributed by atoms with van der Waals surface area (Å²) in [6.45, 7) is 9.50. The Kier molecular flexibility index (Phi) is 7.92. The molecule has 2 bridgehead atoms. The van der Waals surface area contributed by atoms with Crippen molar-refractivity contribution in [2.75, 3.05) is 19.8 Å². The summed E-state index contributed by atoms with van der Waals surface area (Å²) >= 11 is 3.65. The van der Waals surface area contributed by atoms with Gasteiger partial charge in [-0.3, -0.25) is 14.4 Å². The molecule has 8 nitrogen and oxygen atoms in total. The predicted octanol–water partition coefficient (Wildman–Crippen LogP) is 2.32. The lowest BCUT2D eigenvalue weighted by Gasteiger charge is -2.40. The molecule has 3 aliphatic rings.